The van der Waals surface area contributed by atoms with Crippen LogP contribution in [0.2, 0.25) is 0 Å². The molecule has 0 aromatic heterocycles. The van der Waals surface area contributed by atoms with Gasteiger partial charge in [0, 0.05) is 6.04 Å². The highest BCUT2D eigenvalue weighted by molar-refractivity contribution is 5.72. The number of rotatable bonds is 5. The van der Waals surface area contributed by atoms with Crippen LogP contribution in [0.1, 0.15) is 33.1 Å². The summed E-state index contributed by atoms with van der Waals surface area (Å²) in [6.45, 7) is 3.98. The second kappa shape index (κ2) is 6.00. The van der Waals surface area contributed by atoms with Crippen molar-refractivity contribution < 1.29 is 19.8 Å². The molecule has 1 fully saturated rings. The molecule has 0 bridgehead atoms. The van der Waals surface area contributed by atoms with Crippen molar-refractivity contribution >= 4 is 11.9 Å². The summed E-state index contributed by atoms with van der Waals surface area (Å²) in [6, 6.07) is 0.0911. The summed E-state index contributed by atoms with van der Waals surface area (Å²) in [5, 5.41) is 17.6. The number of carboxylic acids is 2. The largest absolute Gasteiger partial charge is 0.480 e. The Morgan fingerprint density at radius 3 is 2.00 bits per heavy atom. The number of nitrogens with zero attached hydrogens (tertiary/aromatic N) is 1. The van der Waals surface area contributed by atoms with Crippen LogP contribution >= 0.6 is 0 Å². The average Bonchev–Trinajstić information content (AvgIpc) is 2.19. The molecule has 3 atom stereocenters. The second-order valence-corrected chi connectivity index (χ2v) is 5.11. The molecule has 0 amide bonds. The van der Waals surface area contributed by atoms with Gasteiger partial charge in [-0.3, -0.25) is 14.5 Å². The first-order valence-electron chi connectivity index (χ1n) is 6.07. The van der Waals surface area contributed by atoms with Crippen LogP contribution in [-0.2, 0) is 9.59 Å². The molecule has 1 aliphatic carbocycles. The predicted molar refractivity (Wildman–Crippen MR) is 62.8 cm³/mol. The molecule has 98 valence electrons. The van der Waals surface area contributed by atoms with Crippen molar-refractivity contribution in [1.29, 1.82) is 0 Å². The van der Waals surface area contributed by atoms with E-state index in [1.807, 2.05) is 0 Å². The Morgan fingerprint density at radius 1 is 1.06 bits per heavy atom. The first kappa shape index (κ1) is 14.0. The van der Waals surface area contributed by atoms with Gasteiger partial charge in [-0.15, -0.1) is 0 Å². The third-order valence-electron chi connectivity index (χ3n) is 3.76. The average molecular weight is 243 g/mol. The van der Waals surface area contributed by atoms with Crippen LogP contribution in [0.25, 0.3) is 0 Å². The highest BCUT2D eigenvalue weighted by atomic mass is 16.4. The summed E-state index contributed by atoms with van der Waals surface area (Å²) in [7, 11) is 0. The van der Waals surface area contributed by atoms with Crippen LogP contribution in [0.5, 0.6) is 0 Å². The smallest absolute Gasteiger partial charge is 0.317 e. The lowest BCUT2D eigenvalue weighted by Gasteiger charge is -2.37. The Bertz CT molecular complexity index is 276. The van der Waals surface area contributed by atoms with Crippen molar-refractivity contribution in [2.45, 2.75) is 39.2 Å². The van der Waals surface area contributed by atoms with Gasteiger partial charge in [0.25, 0.3) is 0 Å². The van der Waals surface area contributed by atoms with Crippen molar-refractivity contribution in [1.82, 2.24) is 4.90 Å². The topological polar surface area (TPSA) is 77.8 Å². The van der Waals surface area contributed by atoms with E-state index in [4.69, 9.17) is 10.2 Å². The van der Waals surface area contributed by atoms with Gasteiger partial charge in [0.1, 0.15) is 0 Å². The molecule has 1 aliphatic rings. The van der Waals surface area contributed by atoms with E-state index < -0.39 is 11.9 Å². The van der Waals surface area contributed by atoms with Gasteiger partial charge in [0.2, 0.25) is 0 Å². The van der Waals surface area contributed by atoms with E-state index in [-0.39, 0.29) is 19.1 Å². The normalized spacial score (nSPS) is 29.2. The summed E-state index contributed by atoms with van der Waals surface area (Å²) in [5.41, 5.74) is 0. The van der Waals surface area contributed by atoms with Gasteiger partial charge in [-0.1, -0.05) is 13.8 Å². The lowest BCUT2D eigenvalue weighted by Crippen LogP contribution is -2.45. The lowest BCUT2D eigenvalue weighted by molar-refractivity contribution is -0.143. The molecule has 5 heteroatoms. The maximum atomic E-state index is 10.7. The number of aliphatic carboxylic acids is 2. The van der Waals surface area contributed by atoms with E-state index in [2.05, 4.69) is 13.8 Å². The van der Waals surface area contributed by atoms with Crippen molar-refractivity contribution in [2.75, 3.05) is 13.1 Å². The van der Waals surface area contributed by atoms with Gasteiger partial charge in [-0.25, -0.2) is 0 Å². The molecule has 1 rings (SSSR count). The highest BCUT2D eigenvalue weighted by Gasteiger charge is 2.30. The summed E-state index contributed by atoms with van der Waals surface area (Å²) in [5.74, 6) is -0.753. The number of carboxylic acid groups (broad SMARTS) is 2. The third-order valence-corrected chi connectivity index (χ3v) is 3.76. The molecule has 3 unspecified atom stereocenters. The number of hydrogen-bond donors (Lipinski definition) is 2. The Hall–Kier alpha value is -1.10. The third kappa shape index (κ3) is 4.34. The van der Waals surface area contributed by atoms with Crippen molar-refractivity contribution in [2.24, 2.45) is 11.8 Å². The molecule has 2 N–H and O–H groups in total. The van der Waals surface area contributed by atoms with Crippen LogP contribution < -0.4 is 0 Å². The molecule has 1 saturated carbocycles. The SMILES string of the molecule is CC1CCC(N(CC(=O)O)CC(=O)O)CC1C. The lowest BCUT2D eigenvalue weighted by atomic mass is 9.78. The second-order valence-electron chi connectivity index (χ2n) is 5.11. The van der Waals surface area contributed by atoms with E-state index in [1.165, 1.54) is 0 Å². The zero-order valence-corrected chi connectivity index (χ0v) is 10.4. The van der Waals surface area contributed by atoms with Gasteiger partial charge in [0.15, 0.2) is 0 Å². The fourth-order valence-corrected chi connectivity index (χ4v) is 2.51. The zero-order valence-electron chi connectivity index (χ0n) is 10.4. The fourth-order valence-electron chi connectivity index (χ4n) is 2.51. The van der Waals surface area contributed by atoms with Crippen LogP contribution in [0.15, 0.2) is 0 Å². The van der Waals surface area contributed by atoms with Crippen molar-refractivity contribution in [3.8, 4) is 0 Å². The standard InChI is InChI=1S/C12H21NO4/c1-8-3-4-10(5-9(8)2)13(6-11(14)15)7-12(16)17/h8-10H,3-7H2,1-2H3,(H,14,15)(H,16,17). The molecule has 0 spiro atoms. The molecule has 0 radical (unpaired) electrons. The zero-order chi connectivity index (χ0) is 13.0. The summed E-state index contributed by atoms with van der Waals surface area (Å²) in [6.07, 6.45) is 2.83. The minimum Gasteiger partial charge on any atom is -0.480 e. The van der Waals surface area contributed by atoms with E-state index in [0.717, 1.165) is 19.3 Å². The fraction of sp³-hybridized carbons (Fsp3) is 0.833. The molecule has 0 aromatic rings. The minimum atomic E-state index is -0.961. The summed E-state index contributed by atoms with van der Waals surface area (Å²) >= 11 is 0. The quantitative estimate of drug-likeness (QED) is 0.760. The monoisotopic (exact) mass is 243 g/mol. The highest BCUT2D eigenvalue weighted by Crippen LogP contribution is 2.31. The van der Waals surface area contributed by atoms with Crippen LogP contribution in [0.4, 0.5) is 0 Å². The summed E-state index contributed by atoms with van der Waals surface area (Å²) < 4.78 is 0. The number of carbonyl (C=O) groups is 2. The van der Waals surface area contributed by atoms with E-state index in [0.29, 0.717) is 11.8 Å². The molecule has 0 saturated heterocycles. The van der Waals surface area contributed by atoms with E-state index in [1.54, 1.807) is 4.90 Å². The van der Waals surface area contributed by atoms with Crippen molar-refractivity contribution in [3.63, 3.8) is 0 Å². The molecule has 5 nitrogen and oxygen atoms in total. The number of hydrogen-bond acceptors (Lipinski definition) is 3. The van der Waals surface area contributed by atoms with Gasteiger partial charge in [0.05, 0.1) is 13.1 Å². The molecule has 17 heavy (non-hydrogen) atoms. The van der Waals surface area contributed by atoms with Crippen LogP contribution in [-0.4, -0.2) is 46.2 Å². The Labute approximate surface area is 101 Å². The van der Waals surface area contributed by atoms with Crippen LogP contribution in [0.3, 0.4) is 0 Å². The van der Waals surface area contributed by atoms with Crippen LogP contribution in [0, 0.1) is 11.8 Å². The van der Waals surface area contributed by atoms with E-state index >= 15 is 0 Å². The minimum absolute atomic E-state index is 0.0911. The predicted octanol–water partition coefficient (Wildman–Crippen LogP) is 1.28. The van der Waals surface area contributed by atoms with E-state index in [9.17, 15) is 9.59 Å². The van der Waals surface area contributed by atoms with Gasteiger partial charge in [-0.2, -0.15) is 0 Å². The molecular formula is C12H21NO4. The maximum absolute atomic E-state index is 10.7. The molecular weight excluding hydrogens is 222 g/mol. The van der Waals surface area contributed by atoms with Crippen molar-refractivity contribution in [3.05, 3.63) is 0 Å². The Balaban J connectivity index is 2.62. The first-order chi connectivity index (χ1) is 7.90. The van der Waals surface area contributed by atoms with Gasteiger partial charge >= 0.3 is 11.9 Å². The summed E-state index contributed by atoms with van der Waals surface area (Å²) in [4.78, 5) is 23.1. The van der Waals surface area contributed by atoms with Gasteiger partial charge in [-0.05, 0) is 31.1 Å². The Morgan fingerprint density at radius 2 is 1.59 bits per heavy atom. The first-order valence-corrected chi connectivity index (χ1v) is 6.07. The molecule has 0 aromatic carbocycles. The molecule has 0 heterocycles. The molecule has 0 aliphatic heterocycles. The van der Waals surface area contributed by atoms with Gasteiger partial charge < -0.3 is 10.2 Å². The Kier molecular flexibility index (Phi) is 4.93. The maximum Gasteiger partial charge on any atom is 0.317 e.